The first-order chi connectivity index (χ1) is 8.43. The summed E-state index contributed by atoms with van der Waals surface area (Å²) in [5.74, 6) is 1.75. The number of aromatic nitrogens is 3. The van der Waals surface area contributed by atoms with Crippen LogP contribution in [0.1, 0.15) is 24.7 Å². The van der Waals surface area contributed by atoms with Gasteiger partial charge in [0.1, 0.15) is 0 Å². The maximum absolute atomic E-state index is 5.73. The average Bonchev–Trinajstić information content (AvgIpc) is 2.90. The molecule has 0 unspecified atom stereocenters. The number of halogens is 2. The average molecular weight is 303 g/mol. The quantitative estimate of drug-likeness (QED) is 0.923. The lowest BCUT2D eigenvalue weighted by Gasteiger charge is -2.18. The zero-order valence-electron chi connectivity index (χ0n) is 10.3. The highest BCUT2D eigenvalue weighted by molar-refractivity contribution is 5.85. The summed E-state index contributed by atoms with van der Waals surface area (Å²) in [6.07, 6.45) is 5.59. The van der Waals surface area contributed by atoms with Gasteiger partial charge < -0.3 is 9.73 Å². The van der Waals surface area contributed by atoms with Crippen LogP contribution in [0.5, 0.6) is 0 Å². The van der Waals surface area contributed by atoms with Crippen molar-refractivity contribution in [3.63, 3.8) is 0 Å². The number of pyridine rings is 1. The monoisotopic (exact) mass is 302 g/mol. The molecular formula is C12H16Cl2N4O. The van der Waals surface area contributed by atoms with E-state index in [2.05, 4.69) is 20.5 Å². The Bertz CT molecular complexity index is 485. The first-order valence-electron chi connectivity index (χ1n) is 5.88. The second kappa shape index (κ2) is 7.43. The summed E-state index contributed by atoms with van der Waals surface area (Å²) in [7, 11) is 0. The van der Waals surface area contributed by atoms with E-state index in [4.69, 9.17) is 4.42 Å². The molecule has 19 heavy (non-hydrogen) atoms. The van der Waals surface area contributed by atoms with Gasteiger partial charge in [-0.3, -0.25) is 4.98 Å². The molecule has 0 aromatic carbocycles. The van der Waals surface area contributed by atoms with E-state index in [1.165, 1.54) is 0 Å². The van der Waals surface area contributed by atoms with Crippen molar-refractivity contribution in [1.29, 1.82) is 0 Å². The van der Waals surface area contributed by atoms with E-state index in [1.54, 1.807) is 12.4 Å². The summed E-state index contributed by atoms with van der Waals surface area (Å²) < 4.78 is 5.73. The molecule has 3 rings (SSSR count). The number of piperidine rings is 1. The van der Waals surface area contributed by atoms with E-state index in [0.717, 1.165) is 37.4 Å². The van der Waals surface area contributed by atoms with Crippen LogP contribution in [0.3, 0.4) is 0 Å². The Morgan fingerprint density at radius 3 is 2.42 bits per heavy atom. The Kier molecular flexibility index (Phi) is 6.21. The molecule has 1 saturated heterocycles. The van der Waals surface area contributed by atoms with Crippen molar-refractivity contribution in [1.82, 2.24) is 20.5 Å². The third kappa shape index (κ3) is 3.65. The van der Waals surface area contributed by atoms with Gasteiger partial charge in [0, 0.05) is 23.9 Å². The second-order valence-electron chi connectivity index (χ2n) is 4.21. The van der Waals surface area contributed by atoms with Crippen molar-refractivity contribution in [3.8, 4) is 11.5 Å². The number of rotatable bonds is 2. The second-order valence-corrected chi connectivity index (χ2v) is 4.21. The zero-order valence-corrected chi connectivity index (χ0v) is 11.9. The van der Waals surface area contributed by atoms with Crippen molar-refractivity contribution < 1.29 is 4.42 Å². The molecule has 1 aliphatic heterocycles. The number of nitrogens with zero attached hydrogens (tertiary/aromatic N) is 3. The highest BCUT2D eigenvalue weighted by Gasteiger charge is 2.21. The third-order valence-corrected chi connectivity index (χ3v) is 3.06. The molecule has 104 valence electrons. The van der Waals surface area contributed by atoms with Crippen LogP contribution in [0.15, 0.2) is 28.9 Å². The van der Waals surface area contributed by atoms with Gasteiger partial charge in [-0.25, -0.2) is 0 Å². The van der Waals surface area contributed by atoms with Gasteiger partial charge in [-0.1, -0.05) is 0 Å². The van der Waals surface area contributed by atoms with E-state index in [9.17, 15) is 0 Å². The molecule has 5 nitrogen and oxygen atoms in total. The lowest BCUT2D eigenvalue weighted by atomic mass is 9.98. The van der Waals surface area contributed by atoms with Crippen LogP contribution in [0.25, 0.3) is 11.5 Å². The number of nitrogens with one attached hydrogen (secondary N) is 1. The van der Waals surface area contributed by atoms with Gasteiger partial charge in [-0.2, -0.15) is 0 Å². The van der Waals surface area contributed by atoms with Gasteiger partial charge >= 0.3 is 0 Å². The van der Waals surface area contributed by atoms with Crippen molar-refractivity contribution in [2.24, 2.45) is 0 Å². The minimum atomic E-state index is 0. The van der Waals surface area contributed by atoms with Gasteiger partial charge in [0.2, 0.25) is 11.8 Å². The molecule has 1 fully saturated rings. The lowest BCUT2D eigenvalue weighted by Crippen LogP contribution is -2.26. The maximum Gasteiger partial charge on any atom is 0.247 e. The molecule has 2 aromatic heterocycles. The Morgan fingerprint density at radius 2 is 1.74 bits per heavy atom. The van der Waals surface area contributed by atoms with E-state index in [-0.39, 0.29) is 24.8 Å². The fourth-order valence-corrected chi connectivity index (χ4v) is 2.08. The van der Waals surface area contributed by atoms with Gasteiger partial charge in [0.05, 0.1) is 0 Å². The van der Waals surface area contributed by atoms with Crippen molar-refractivity contribution in [3.05, 3.63) is 30.4 Å². The summed E-state index contributed by atoms with van der Waals surface area (Å²) in [6.45, 7) is 2.05. The Hall–Kier alpha value is -1.17. The van der Waals surface area contributed by atoms with Crippen LogP contribution in [0.4, 0.5) is 0 Å². The highest BCUT2D eigenvalue weighted by atomic mass is 35.5. The molecule has 0 spiro atoms. The van der Waals surface area contributed by atoms with Crippen LogP contribution in [0.2, 0.25) is 0 Å². The van der Waals surface area contributed by atoms with E-state index < -0.39 is 0 Å². The summed E-state index contributed by atoms with van der Waals surface area (Å²) >= 11 is 0. The number of hydrogen-bond acceptors (Lipinski definition) is 5. The predicted molar refractivity (Wildman–Crippen MR) is 76.9 cm³/mol. The van der Waals surface area contributed by atoms with Crippen LogP contribution >= 0.6 is 24.8 Å². The van der Waals surface area contributed by atoms with E-state index in [1.807, 2.05) is 12.1 Å². The molecular weight excluding hydrogens is 287 g/mol. The van der Waals surface area contributed by atoms with E-state index >= 15 is 0 Å². The number of hydrogen-bond donors (Lipinski definition) is 1. The molecule has 7 heteroatoms. The van der Waals surface area contributed by atoms with Gasteiger partial charge in [-0.15, -0.1) is 35.0 Å². The third-order valence-electron chi connectivity index (χ3n) is 3.06. The molecule has 0 amide bonds. The molecule has 0 aliphatic carbocycles. The minimum Gasteiger partial charge on any atom is -0.420 e. The Balaban J connectivity index is 0.000000902. The lowest BCUT2D eigenvalue weighted by molar-refractivity contribution is 0.378. The van der Waals surface area contributed by atoms with Crippen molar-refractivity contribution in [2.75, 3.05) is 13.1 Å². The molecule has 0 bridgehead atoms. The SMILES string of the molecule is Cl.Cl.c1cc(-c2nnc(C3CCNCC3)o2)ccn1. The maximum atomic E-state index is 5.73. The molecule has 3 heterocycles. The fraction of sp³-hybridized carbons (Fsp3) is 0.417. The summed E-state index contributed by atoms with van der Waals surface area (Å²) in [6, 6.07) is 3.75. The van der Waals surface area contributed by atoms with Gasteiger partial charge in [0.25, 0.3) is 0 Å². The normalized spacial score (nSPS) is 15.4. The van der Waals surface area contributed by atoms with Crippen LogP contribution in [-0.2, 0) is 0 Å². The first-order valence-corrected chi connectivity index (χ1v) is 5.88. The highest BCUT2D eigenvalue weighted by Crippen LogP contribution is 2.26. The molecule has 0 atom stereocenters. The summed E-state index contributed by atoms with van der Waals surface area (Å²) in [5, 5.41) is 11.6. The zero-order chi connectivity index (χ0) is 11.5. The van der Waals surface area contributed by atoms with Crippen molar-refractivity contribution >= 4 is 24.8 Å². The smallest absolute Gasteiger partial charge is 0.247 e. The topological polar surface area (TPSA) is 63.8 Å². The molecule has 0 radical (unpaired) electrons. The minimum absolute atomic E-state index is 0. The van der Waals surface area contributed by atoms with Crippen LogP contribution in [-0.4, -0.2) is 28.3 Å². The van der Waals surface area contributed by atoms with Gasteiger partial charge in [-0.05, 0) is 38.1 Å². The van der Waals surface area contributed by atoms with Crippen LogP contribution in [0, 0.1) is 0 Å². The standard InChI is InChI=1S/C12H14N4O.2ClH/c1-5-13-6-2-9(1)11-15-16-12(17-11)10-3-7-14-8-4-10;;/h1-2,5-6,10,14H,3-4,7-8H2;2*1H. The Labute approximate surface area is 124 Å². The summed E-state index contributed by atoms with van der Waals surface area (Å²) in [4.78, 5) is 3.97. The largest absolute Gasteiger partial charge is 0.420 e. The van der Waals surface area contributed by atoms with Crippen molar-refractivity contribution in [2.45, 2.75) is 18.8 Å². The fourth-order valence-electron chi connectivity index (χ4n) is 2.08. The molecule has 0 saturated carbocycles. The van der Waals surface area contributed by atoms with E-state index in [0.29, 0.717) is 11.8 Å². The molecule has 1 N–H and O–H groups in total. The Morgan fingerprint density at radius 1 is 1.05 bits per heavy atom. The summed E-state index contributed by atoms with van der Waals surface area (Å²) in [5.41, 5.74) is 0.924. The molecule has 2 aromatic rings. The van der Waals surface area contributed by atoms with Crippen LogP contribution < -0.4 is 5.32 Å². The van der Waals surface area contributed by atoms with Gasteiger partial charge in [0.15, 0.2) is 0 Å². The predicted octanol–water partition coefficient (Wildman–Crippen LogP) is 2.44. The first kappa shape index (κ1) is 15.9. The molecule has 1 aliphatic rings.